The minimum Gasteiger partial charge on any atom is -0.391 e. The summed E-state index contributed by atoms with van der Waals surface area (Å²) >= 11 is 1.31. The average molecular weight is 325 g/mol. The van der Waals surface area contributed by atoms with E-state index in [-0.39, 0.29) is 11.5 Å². The lowest BCUT2D eigenvalue weighted by molar-refractivity contribution is 0.285. The normalized spacial score (nSPS) is 11.7. The van der Waals surface area contributed by atoms with Gasteiger partial charge in [-0.25, -0.2) is 13.1 Å². The van der Waals surface area contributed by atoms with Crippen LogP contribution in [0.4, 0.5) is 0 Å². The summed E-state index contributed by atoms with van der Waals surface area (Å²) in [6.07, 6.45) is 1.59. The number of sulfonamides is 1. The Labute approximate surface area is 129 Å². The van der Waals surface area contributed by atoms with Crippen LogP contribution in [-0.2, 0) is 23.1 Å². The molecule has 0 amide bonds. The molecule has 0 bridgehead atoms. The predicted molar refractivity (Wildman–Crippen MR) is 84.9 cm³/mol. The molecule has 1 aromatic heterocycles. The van der Waals surface area contributed by atoms with E-state index in [4.69, 9.17) is 5.11 Å². The lowest BCUT2D eigenvalue weighted by Crippen LogP contribution is -2.25. The second-order valence-electron chi connectivity index (χ2n) is 4.78. The van der Waals surface area contributed by atoms with Gasteiger partial charge < -0.3 is 5.11 Å². The second kappa shape index (κ2) is 7.17. The van der Waals surface area contributed by atoms with Crippen molar-refractivity contribution in [2.45, 2.75) is 31.3 Å². The minimum absolute atomic E-state index is 0.130. The topological polar surface area (TPSA) is 66.4 Å². The number of aryl methyl sites for hydroxylation is 2. The lowest BCUT2D eigenvalue weighted by atomic mass is 10.1. The van der Waals surface area contributed by atoms with Crippen molar-refractivity contribution in [3.63, 3.8) is 0 Å². The first-order chi connectivity index (χ1) is 10.0. The molecule has 0 aliphatic rings. The van der Waals surface area contributed by atoms with Crippen LogP contribution in [0.25, 0.3) is 0 Å². The smallest absolute Gasteiger partial charge is 0.241 e. The number of thiophene rings is 1. The molecule has 114 valence electrons. The minimum atomic E-state index is -3.49. The van der Waals surface area contributed by atoms with E-state index in [1.165, 1.54) is 16.9 Å². The van der Waals surface area contributed by atoms with Crippen molar-refractivity contribution >= 4 is 21.4 Å². The van der Waals surface area contributed by atoms with Gasteiger partial charge in [-0.2, -0.15) is 0 Å². The van der Waals surface area contributed by atoms with Gasteiger partial charge in [0.05, 0.1) is 11.5 Å². The van der Waals surface area contributed by atoms with Crippen LogP contribution in [0.2, 0.25) is 0 Å². The Morgan fingerprint density at radius 3 is 2.57 bits per heavy atom. The van der Waals surface area contributed by atoms with Crippen molar-refractivity contribution < 1.29 is 13.5 Å². The standard InChI is InChI=1S/C15H19NO3S2/c1-12-15(10-14(11-17)20-12)21(18,19)16-9-5-8-13-6-3-2-4-7-13/h2-4,6-7,10,16-17H,5,8-9,11H2,1H3. The van der Waals surface area contributed by atoms with E-state index in [0.717, 1.165) is 12.8 Å². The third-order valence-corrected chi connectivity index (χ3v) is 5.90. The fraction of sp³-hybridized carbons (Fsp3) is 0.333. The van der Waals surface area contributed by atoms with Crippen LogP contribution in [-0.4, -0.2) is 20.1 Å². The number of rotatable bonds is 7. The first-order valence-electron chi connectivity index (χ1n) is 6.76. The molecule has 1 aromatic carbocycles. The van der Waals surface area contributed by atoms with Crippen LogP contribution < -0.4 is 4.72 Å². The third kappa shape index (κ3) is 4.38. The SMILES string of the molecule is Cc1sc(CO)cc1S(=O)(=O)NCCCc1ccccc1. The Bertz CT molecular complexity index is 678. The van der Waals surface area contributed by atoms with Gasteiger partial charge >= 0.3 is 0 Å². The Morgan fingerprint density at radius 2 is 1.95 bits per heavy atom. The summed E-state index contributed by atoms with van der Waals surface area (Å²) < 4.78 is 27.0. The molecule has 0 aliphatic carbocycles. The molecule has 2 N–H and O–H groups in total. The molecule has 1 heterocycles. The van der Waals surface area contributed by atoms with Crippen molar-refractivity contribution in [3.05, 3.63) is 51.7 Å². The summed E-state index contributed by atoms with van der Waals surface area (Å²) in [4.78, 5) is 1.64. The van der Waals surface area contributed by atoms with E-state index in [0.29, 0.717) is 16.3 Å². The average Bonchev–Trinajstić information content (AvgIpc) is 2.87. The highest BCUT2D eigenvalue weighted by atomic mass is 32.2. The number of nitrogens with one attached hydrogen (secondary N) is 1. The van der Waals surface area contributed by atoms with Gasteiger partial charge in [0.2, 0.25) is 10.0 Å². The van der Waals surface area contributed by atoms with Gasteiger partial charge in [0.25, 0.3) is 0 Å². The molecule has 0 radical (unpaired) electrons. The molecule has 0 aliphatic heterocycles. The maximum Gasteiger partial charge on any atom is 0.241 e. The highest BCUT2D eigenvalue weighted by molar-refractivity contribution is 7.89. The van der Waals surface area contributed by atoms with Crippen LogP contribution in [0, 0.1) is 6.92 Å². The molecule has 2 aromatic rings. The molecule has 0 unspecified atom stereocenters. The zero-order valence-electron chi connectivity index (χ0n) is 11.9. The van der Waals surface area contributed by atoms with Crippen LogP contribution in [0.1, 0.15) is 21.7 Å². The highest BCUT2D eigenvalue weighted by Crippen LogP contribution is 2.25. The molecular weight excluding hydrogens is 306 g/mol. The van der Waals surface area contributed by atoms with Crippen LogP contribution in [0.3, 0.4) is 0 Å². The summed E-state index contributed by atoms with van der Waals surface area (Å²) in [7, 11) is -3.49. The molecule has 6 heteroatoms. The number of hydrogen-bond donors (Lipinski definition) is 2. The van der Waals surface area contributed by atoms with Crippen LogP contribution in [0.15, 0.2) is 41.3 Å². The van der Waals surface area contributed by atoms with Crippen LogP contribution in [0.5, 0.6) is 0 Å². The van der Waals surface area contributed by atoms with Gasteiger partial charge in [-0.05, 0) is 31.4 Å². The van der Waals surface area contributed by atoms with Crippen molar-refractivity contribution in [1.82, 2.24) is 4.72 Å². The number of benzene rings is 1. The Balaban J connectivity index is 1.91. The van der Waals surface area contributed by atoms with E-state index >= 15 is 0 Å². The summed E-state index contributed by atoms with van der Waals surface area (Å²) in [6, 6.07) is 11.5. The number of aliphatic hydroxyl groups excluding tert-OH is 1. The maximum atomic E-state index is 12.2. The predicted octanol–water partition coefficient (Wildman–Crippen LogP) is 2.46. The Morgan fingerprint density at radius 1 is 1.24 bits per heavy atom. The van der Waals surface area contributed by atoms with E-state index in [9.17, 15) is 8.42 Å². The summed E-state index contributed by atoms with van der Waals surface area (Å²) in [6.45, 7) is 2.03. The van der Waals surface area contributed by atoms with Crippen molar-refractivity contribution in [2.75, 3.05) is 6.54 Å². The van der Waals surface area contributed by atoms with Crippen molar-refractivity contribution in [1.29, 1.82) is 0 Å². The van der Waals surface area contributed by atoms with Crippen molar-refractivity contribution in [3.8, 4) is 0 Å². The van der Waals surface area contributed by atoms with E-state index < -0.39 is 10.0 Å². The Kier molecular flexibility index (Phi) is 5.52. The Hall–Kier alpha value is -1.21. The summed E-state index contributed by atoms with van der Waals surface area (Å²) in [5.74, 6) is 0. The third-order valence-electron chi connectivity index (χ3n) is 3.15. The molecule has 0 fully saturated rings. The summed E-state index contributed by atoms with van der Waals surface area (Å²) in [5, 5.41) is 9.08. The zero-order valence-corrected chi connectivity index (χ0v) is 13.5. The van der Waals surface area contributed by atoms with Crippen LogP contribution >= 0.6 is 11.3 Å². The van der Waals surface area contributed by atoms with Gasteiger partial charge in [0.1, 0.15) is 0 Å². The number of aliphatic hydroxyl groups is 1. The first kappa shape index (κ1) is 16.2. The molecule has 0 spiro atoms. The zero-order chi connectivity index (χ0) is 15.3. The van der Waals surface area contributed by atoms with Gasteiger partial charge in [0.15, 0.2) is 0 Å². The summed E-state index contributed by atoms with van der Waals surface area (Å²) in [5.41, 5.74) is 1.20. The molecule has 21 heavy (non-hydrogen) atoms. The molecule has 4 nitrogen and oxygen atoms in total. The first-order valence-corrected chi connectivity index (χ1v) is 9.06. The fourth-order valence-electron chi connectivity index (χ4n) is 2.09. The van der Waals surface area contributed by atoms with E-state index in [1.54, 1.807) is 13.0 Å². The van der Waals surface area contributed by atoms with Gasteiger partial charge in [-0.1, -0.05) is 30.3 Å². The maximum absolute atomic E-state index is 12.2. The monoisotopic (exact) mass is 325 g/mol. The molecule has 0 saturated carbocycles. The van der Waals surface area contributed by atoms with Gasteiger partial charge in [0, 0.05) is 16.3 Å². The van der Waals surface area contributed by atoms with Gasteiger partial charge in [-0.3, -0.25) is 0 Å². The number of hydrogen-bond acceptors (Lipinski definition) is 4. The van der Waals surface area contributed by atoms with E-state index in [1.807, 2.05) is 30.3 Å². The molecule has 0 atom stereocenters. The second-order valence-corrected chi connectivity index (χ2v) is 7.85. The lowest BCUT2D eigenvalue weighted by Gasteiger charge is -2.06. The van der Waals surface area contributed by atoms with Crippen molar-refractivity contribution in [2.24, 2.45) is 0 Å². The quantitative estimate of drug-likeness (QED) is 0.769. The molecule has 2 rings (SSSR count). The highest BCUT2D eigenvalue weighted by Gasteiger charge is 2.19. The largest absolute Gasteiger partial charge is 0.391 e. The van der Waals surface area contributed by atoms with E-state index in [2.05, 4.69) is 4.72 Å². The molecule has 0 saturated heterocycles. The fourth-order valence-corrected chi connectivity index (χ4v) is 4.66. The van der Waals surface area contributed by atoms with Gasteiger partial charge in [-0.15, -0.1) is 11.3 Å². The molecular formula is C15H19NO3S2.